The molecule has 1 fully saturated rings. The molecular weight excluding hydrogens is 258 g/mol. The van der Waals surface area contributed by atoms with Gasteiger partial charge in [0.1, 0.15) is 5.82 Å². The number of hydrogen-bond acceptors (Lipinski definition) is 4. The molecular formula is C14H18BFN2O2. The molecule has 1 atom stereocenters. The summed E-state index contributed by atoms with van der Waals surface area (Å²) in [5.74, 6) is -1.09. The minimum Gasteiger partial charge on any atom is -0.399 e. The van der Waals surface area contributed by atoms with E-state index in [9.17, 15) is 4.39 Å². The number of rotatable bonds is 2. The highest BCUT2D eigenvalue weighted by Crippen LogP contribution is 2.36. The second kappa shape index (κ2) is 4.83. The zero-order valence-electron chi connectivity index (χ0n) is 12.4. The lowest BCUT2D eigenvalue weighted by atomic mass is 9.80. The summed E-state index contributed by atoms with van der Waals surface area (Å²) in [6, 6.07) is 3.30. The summed E-state index contributed by atoms with van der Waals surface area (Å²) in [6.45, 7) is 9.34. The van der Waals surface area contributed by atoms with E-state index < -0.39 is 30.1 Å². The van der Waals surface area contributed by atoms with Crippen LogP contribution >= 0.6 is 0 Å². The van der Waals surface area contributed by atoms with E-state index in [4.69, 9.17) is 14.6 Å². The molecule has 1 aromatic heterocycles. The van der Waals surface area contributed by atoms with Crippen LogP contribution in [-0.2, 0) is 9.31 Å². The monoisotopic (exact) mass is 276 g/mol. The Hall–Kier alpha value is -1.45. The molecule has 0 spiro atoms. The number of aromatic nitrogens is 1. The van der Waals surface area contributed by atoms with E-state index in [1.807, 2.05) is 33.8 Å². The summed E-state index contributed by atoms with van der Waals surface area (Å²) in [4.78, 5) is 4.03. The molecule has 106 valence electrons. The average Bonchev–Trinajstić information content (AvgIpc) is 2.57. The molecule has 20 heavy (non-hydrogen) atoms. The van der Waals surface area contributed by atoms with Gasteiger partial charge < -0.3 is 9.31 Å². The number of halogens is 1. The van der Waals surface area contributed by atoms with Crippen molar-refractivity contribution in [3.05, 3.63) is 23.8 Å². The third kappa shape index (κ3) is 2.44. The van der Waals surface area contributed by atoms with Crippen molar-refractivity contribution < 1.29 is 13.7 Å². The van der Waals surface area contributed by atoms with Gasteiger partial charge in [0.25, 0.3) is 0 Å². The summed E-state index contributed by atoms with van der Waals surface area (Å²) >= 11 is 0. The van der Waals surface area contributed by atoms with Crippen LogP contribution in [0.4, 0.5) is 4.39 Å². The zero-order valence-corrected chi connectivity index (χ0v) is 12.4. The molecule has 0 bridgehead atoms. The molecule has 0 radical (unpaired) electrons. The molecule has 1 unspecified atom stereocenters. The third-order valence-electron chi connectivity index (χ3n) is 4.02. The van der Waals surface area contributed by atoms with Crippen LogP contribution in [0.3, 0.4) is 0 Å². The lowest BCUT2D eigenvalue weighted by Crippen LogP contribution is -2.41. The summed E-state index contributed by atoms with van der Waals surface area (Å²) in [5.41, 5.74) is -0.290. The van der Waals surface area contributed by atoms with E-state index in [1.54, 1.807) is 6.92 Å². The fraction of sp³-hybridized carbons (Fsp3) is 0.571. The SMILES string of the molecule is CC(C#N)c1ncc(B2OC(C)(C)C(C)(C)O2)cc1F. The van der Waals surface area contributed by atoms with E-state index in [0.717, 1.165) is 0 Å². The molecule has 0 amide bonds. The highest BCUT2D eigenvalue weighted by atomic mass is 19.1. The summed E-state index contributed by atoms with van der Waals surface area (Å²) in [6.07, 6.45) is 1.51. The minimum atomic E-state index is -0.645. The van der Waals surface area contributed by atoms with E-state index in [1.165, 1.54) is 12.3 Å². The maximum absolute atomic E-state index is 14.0. The minimum absolute atomic E-state index is 0.146. The fourth-order valence-corrected chi connectivity index (χ4v) is 1.95. The average molecular weight is 276 g/mol. The molecule has 0 saturated carbocycles. The first kappa shape index (κ1) is 15.0. The summed E-state index contributed by atoms with van der Waals surface area (Å²) in [7, 11) is -0.645. The molecule has 2 heterocycles. The maximum atomic E-state index is 14.0. The van der Waals surface area contributed by atoms with E-state index >= 15 is 0 Å². The van der Waals surface area contributed by atoms with Crippen LogP contribution in [-0.4, -0.2) is 23.3 Å². The van der Waals surface area contributed by atoms with E-state index in [-0.39, 0.29) is 5.69 Å². The van der Waals surface area contributed by atoms with Crippen molar-refractivity contribution in [2.75, 3.05) is 0 Å². The number of hydrogen-bond donors (Lipinski definition) is 0. The Morgan fingerprint density at radius 3 is 2.30 bits per heavy atom. The molecule has 0 N–H and O–H groups in total. The van der Waals surface area contributed by atoms with Gasteiger partial charge in [0.2, 0.25) is 0 Å². The Balaban J connectivity index is 2.29. The van der Waals surface area contributed by atoms with Crippen LogP contribution < -0.4 is 5.46 Å². The fourth-order valence-electron chi connectivity index (χ4n) is 1.95. The summed E-state index contributed by atoms with van der Waals surface area (Å²) in [5, 5.41) is 8.82. The molecule has 0 aromatic carbocycles. The molecule has 1 aromatic rings. The molecule has 2 rings (SSSR count). The Kier molecular flexibility index (Phi) is 3.61. The Morgan fingerprint density at radius 1 is 1.30 bits per heavy atom. The molecule has 6 heteroatoms. The molecule has 0 aliphatic carbocycles. The predicted molar refractivity (Wildman–Crippen MR) is 73.9 cm³/mol. The Labute approximate surface area is 119 Å². The Bertz CT molecular complexity index is 553. The molecule has 1 aliphatic rings. The molecule has 4 nitrogen and oxygen atoms in total. The number of pyridine rings is 1. The van der Waals surface area contributed by atoms with Gasteiger partial charge in [-0.15, -0.1) is 0 Å². The van der Waals surface area contributed by atoms with E-state index in [0.29, 0.717) is 5.46 Å². The van der Waals surface area contributed by atoms with Crippen LogP contribution in [0.1, 0.15) is 46.2 Å². The zero-order chi connectivity index (χ0) is 15.1. The van der Waals surface area contributed by atoms with Gasteiger partial charge in [0, 0.05) is 11.7 Å². The van der Waals surface area contributed by atoms with Gasteiger partial charge in [0.15, 0.2) is 0 Å². The third-order valence-corrected chi connectivity index (χ3v) is 4.02. The quantitative estimate of drug-likeness (QED) is 0.776. The smallest absolute Gasteiger partial charge is 0.399 e. The van der Waals surface area contributed by atoms with Gasteiger partial charge in [-0.1, -0.05) is 0 Å². The van der Waals surface area contributed by atoms with Gasteiger partial charge in [-0.2, -0.15) is 5.26 Å². The van der Waals surface area contributed by atoms with Crippen molar-refractivity contribution in [2.45, 2.75) is 51.7 Å². The van der Waals surface area contributed by atoms with Crippen molar-refractivity contribution in [3.8, 4) is 6.07 Å². The topological polar surface area (TPSA) is 55.1 Å². The van der Waals surface area contributed by atoms with Crippen LogP contribution in [0.25, 0.3) is 0 Å². The van der Waals surface area contributed by atoms with Gasteiger partial charge in [-0.05, 0) is 40.7 Å². The first-order valence-corrected chi connectivity index (χ1v) is 6.58. The van der Waals surface area contributed by atoms with E-state index in [2.05, 4.69) is 4.98 Å². The van der Waals surface area contributed by atoms with Crippen molar-refractivity contribution >= 4 is 12.6 Å². The normalized spacial score (nSPS) is 21.6. The van der Waals surface area contributed by atoms with Crippen LogP contribution in [0.2, 0.25) is 0 Å². The largest absolute Gasteiger partial charge is 0.496 e. The van der Waals surface area contributed by atoms with Crippen molar-refractivity contribution in [3.63, 3.8) is 0 Å². The van der Waals surface area contributed by atoms with Gasteiger partial charge >= 0.3 is 7.12 Å². The highest BCUT2D eigenvalue weighted by molar-refractivity contribution is 6.62. The van der Waals surface area contributed by atoms with Crippen LogP contribution in [0.5, 0.6) is 0 Å². The van der Waals surface area contributed by atoms with Crippen LogP contribution in [0, 0.1) is 17.1 Å². The number of nitrogens with zero attached hydrogens (tertiary/aromatic N) is 2. The maximum Gasteiger partial charge on any atom is 0.496 e. The lowest BCUT2D eigenvalue weighted by molar-refractivity contribution is 0.00578. The molecule has 1 aliphatic heterocycles. The summed E-state index contributed by atoms with van der Waals surface area (Å²) < 4.78 is 25.7. The first-order valence-electron chi connectivity index (χ1n) is 6.58. The second-order valence-electron chi connectivity index (χ2n) is 6.07. The molecule has 1 saturated heterocycles. The number of nitriles is 1. The van der Waals surface area contributed by atoms with Crippen LogP contribution in [0.15, 0.2) is 12.3 Å². The second-order valence-corrected chi connectivity index (χ2v) is 6.07. The van der Waals surface area contributed by atoms with Gasteiger partial charge in [-0.3, -0.25) is 4.98 Å². The lowest BCUT2D eigenvalue weighted by Gasteiger charge is -2.32. The van der Waals surface area contributed by atoms with Gasteiger partial charge in [-0.25, -0.2) is 4.39 Å². The highest BCUT2D eigenvalue weighted by Gasteiger charge is 2.51. The van der Waals surface area contributed by atoms with Crippen molar-refractivity contribution in [2.24, 2.45) is 0 Å². The Morgan fingerprint density at radius 2 is 1.85 bits per heavy atom. The predicted octanol–water partition coefficient (Wildman–Crippen LogP) is 2.15. The first-order chi connectivity index (χ1) is 9.18. The van der Waals surface area contributed by atoms with Crippen molar-refractivity contribution in [1.82, 2.24) is 4.98 Å². The van der Waals surface area contributed by atoms with Gasteiger partial charge in [0.05, 0.1) is 28.9 Å². The van der Waals surface area contributed by atoms with Crippen molar-refractivity contribution in [1.29, 1.82) is 5.26 Å². The standard InChI is InChI=1S/C14H18BFN2O2/c1-9(7-17)12-11(16)6-10(8-18-12)15-19-13(2,3)14(4,5)20-15/h6,8-9H,1-5H3.